The van der Waals surface area contributed by atoms with Gasteiger partial charge in [0.15, 0.2) is 5.78 Å². The molecule has 0 N–H and O–H groups in total. The molecule has 0 radical (unpaired) electrons. The quantitative estimate of drug-likeness (QED) is 0.464. The highest BCUT2D eigenvalue weighted by Gasteiger charge is 2.26. The molecule has 1 heterocycles. The molecule has 2 aliphatic rings. The van der Waals surface area contributed by atoms with Crippen LogP contribution in [0.5, 0.6) is 0 Å². The highest BCUT2D eigenvalue weighted by molar-refractivity contribution is 5.95. The Morgan fingerprint density at radius 1 is 1.16 bits per heavy atom. The van der Waals surface area contributed by atoms with E-state index in [1.54, 1.807) is 12.1 Å². The molecule has 1 aliphatic carbocycles. The van der Waals surface area contributed by atoms with Crippen molar-refractivity contribution in [3.63, 3.8) is 0 Å². The van der Waals surface area contributed by atoms with E-state index >= 15 is 0 Å². The van der Waals surface area contributed by atoms with Crippen LogP contribution in [0, 0.1) is 16.0 Å². The number of benzene rings is 1. The molecule has 1 saturated carbocycles. The molecular formula is C19H27N3O3. The van der Waals surface area contributed by atoms with E-state index in [0.29, 0.717) is 11.3 Å². The number of ketones is 1. The van der Waals surface area contributed by atoms with Crippen LogP contribution in [0.4, 0.5) is 11.4 Å². The number of nitrogens with zero attached hydrogens (tertiary/aromatic N) is 3. The maximum atomic E-state index is 11.5. The Kier molecular flexibility index (Phi) is 5.68. The Hall–Kier alpha value is -1.95. The SMILES string of the molecule is CC(=O)c1ccc(N2CCN(CC3CCCCC3)CC2)c([N+](=O)[O-])c1. The lowest BCUT2D eigenvalue weighted by Crippen LogP contribution is -2.48. The molecule has 0 bridgehead atoms. The number of carbonyl (C=O) groups excluding carboxylic acids is 1. The van der Waals surface area contributed by atoms with E-state index in [2.05, 4.69) is 9.80 Å². The average molecular weight is 345 g/mol. The van der Waals surface area contributed by atoms with Gasteiger partial charge in [-0.2, -0.15) is 0 Å². The molecular weight excluding hydrogens is 318 g/mol. The molecule has 6 nitrogen and oxygen atoms in total. The number of carbonyl (C=O) groups is 1. The summed E-state index contributed by atoms with van der Waals surface area (Å²) < 4.78 is 0. The minimum Gasteiger partial charge on any atom is -0.363 e. The first kappa shape index (κ1) is 17.9. The number of nitro groups is 1. The van der Waals surface area contributed by atoms with Crippen LogP contribution in [0.3, 0.4) is 0 Å². The Balaban J connectivity index is 1.64. The molecule has 136 valence electrons. The zero-order chi connectivity index (χ0) is 17.8. The second kappa shape index (κ2) is 7.95. The van der Waals surface area contributed by atoms with Gasteiger partial charge in [-0.1, -0.05) is 19.3 Å². The predicted octanol–water partition coefficient (Wildman–Crippen LogP) is 3.50. The molecule has 25 heavy (non-hydrogen) atoms. The lowest BCUT2D eigenvalue weighted by molar-refractivity contribution is -0.384. The van der Waals surface area contributed by atoms with Crippen LogP contribution in [-0.4, -0.2) is 48.3 Å². The van der Waals surface area contributed by atoms with E-state index in [0.717, 1.165) is 32.1 Å². The van der Waals surface area contributed by atoms with E-state index in [1.165, 1.54) is 51.6 Å². The van der Waals surface area contributed by atoms with Crippen molar-refractivity contribution in [2.24, 2.45) is 5.92 Å². The Bertz CT molecular complexity index is 633. The monoisotopic (exact) mass is 345 g/mol. The standard InChI is InChI=1S/C19H27N3O3/c1-15(23)17-7-8-18(19(13-17)22(24)25)21-11-9-20(10-12-21)14-16-5-3-2-4-6-16/h7-8,13,16H,2-6,9-12,14H2,1H3. The first-order valence-corrected chi connectivity index (χ1v) is 9.31. The van der Waals surface area contributed by atoms with Gasteiger partial charge in [0.05, 0.1) is 4.92 Å². The summed E-state index contributed by atoms with van der Waals surface area (Å²) in [6.07, 6.45) is 6.79. The van der Waals surface area contributed by atoms with E-state index in [-0.39, 0.29) is 16.4 Å². The summed E-state index contributed by atoms with van der Waals surface area (Å²) in [6, 6.07) is 4.83. The average Bonchev–Trinajstić information content (AvgIpc) is 2.62. The summed E-state index contributed by atoms with van der Waals surface area (Å²) in [5.41, 5.74) is 1.06. The maximum absolute atomic E-state index is 11.5. The van der Waals surface area contributed by atoms with Gasteiger partial charge in [0.1, 0.15) is 5.69 Å². The summed E-state index contributed by atoms with van der Waals surface area (Å²) in [4.78, 5) is 27.1. The van der Waals surface area contributed by atoms with Crippen LogP contribution in [0.1, 0.15) is 49.4 Å². The van der Waals surface area contributed by atoms with Crippen molar-refractivity contribution >= 4 is 17.2 Å². The van der Waals surface area contributed by atoms with E-state index < -0.39 is 0 Å². The van der Waals surface area contributed by atoms with Crippen LogP contribution in [0.25, 0.3) is 0 Å². The Labute approximate surface area is 148 Å². The number of hydrogen-bond acceptors (Lipinski definition) is 5. The fourth-order valence-electron chi connectivity index (χ4n) is 4.06. The summed E-state index contributed by atoms with van der Waals surface area (Å²) in [6.45, 7) is 6.09. The van der Waals surface area contributed by atoms with Crippen LogP contribution < -0.4 is 4.90 Å². The topological polar surface area (TPSA) is 66.7 Å². The summed E-state index contributed by atoms with van der Waals surface area (Å²) in [7, 11) is 0. The molecule has 2 fully saturated rings. The molecule has 0 atom stereocenters. The predicted molar refractivity (Wildman–Crippen MR) is 98.3 cm³/mol. The molecule has 0 unspecified atom stereocenters. The van der Waals surface area contributed by atoms with Crippen molar-refractivity contribution in [1.82, 2.24) is 4.90 Å². The van der Waals surface area contributed by atoms with Gasteiger partial charge in [0.2, 0.25) is 0 Å². The maximum Gasteiger partial charge on any atom is 0.293 e. The molecule has 1 aliphatic heterocycles. The second-order valence-electron chi connectivity index (χ2n) is 7.31. The summed E-state index contributed by atoms with van der Waals surface area (Å²) in [5.74, 6) is 0.677. The third kappa shape index (κ3) is 4.37. The van der Waals surface area contributed by atoms with E-state index in [1.807, 2.05) is 0 Å². The highest BCUT2D eigenvalue weighted by Crippen LogP contribution is 2.31. The third-order valence-electron chi connectivity index (χ3n) is 5.53. The van der Waals surface area contributed by atoms with Crippen LogP contribution in [0.2, 0.25) is 0 Å². The lowest BCUT2D eigenvalue weighted by atomic mass is 9.89. The molecule has 3 rings (SSSR count). The summed E-state index contributed by atoms with van der Waals surface area (Å²) >= 11 is 0. The number of anilines is 1. The van der Waals surface area contributed by atoms with Crippen molar-refractivity contribution in [3.8, 4) is 0 Å². The lowest BCUT2D eigenvalue weighted by Gasteiger charge is -2.38. The van der Waals surface area contributed by atoms with E-state index in [9.17, 15) is 14.9 Å². The minimum atomic E-state index is -0.379. The van der Waals surface area contributed by atoms with Gasteiger partial charge in [-0.05, 0) is 37.8 Å². The van der Waals surface area contributed by atoms with Gasteiger partial charge < -0.3 is 4.90 Å². The largest absolute Gasteiger partial charge is 0.363 e. The van der Waals surface area contributed by atoms with Gasteiger partial charge in [0, 0.05) is 44.4 Å². The molecule has 1 aromatic rings. The minimum absolute atomic E-state index is 0.0356. The normalized spacial score (nSPS) is 19.8. The molecule has 1 aromatic carbocycles. The van der Waals surface area contributed by atoms with Gasteiger partial charge in [0.25, 0.3) is 5.69 Å². The highest BCUT2D eigenvalue weighted by atomic mass is 16.6. The van der Waals surface area contributed by atoms with Gasteiger partial charge in [-0.3, -0.25) is 19.8 Å². The van der Waals surface area contributed by atoms with Crippen molar-refractivity contribution in [2.75, 3.05) is 37.6 Å². The molecule has 0 aromatic heterocycles. The number of rotatable bonds is 5. The molecule has 1 saturated heterocycles. The van der Waals surface area contributed by atoms with Crippen LogP contribution in [0.15, 0.2) is 18.2 Å². The van der Waals surface area contributed by atoms with Gasteiger partial charge >= 0.3 is 0 Å². The van der Waals surface area contributed by atoms with Crippen molar-refractivity contribution in [1.29, 1.82) is 0 Å². The number of hydrogen-bond donors (Lipinski definition) is 0. The zero-order valence-corrected chi connectivity index (χ0v) is 14.9. The van der Waals surface area contributed by atoms with Crippen LogP contribution in [-0.2, 0) is 0 Å². The van der Waals surface area contributed by atoms with Crippen LogP contribution >= 0.6 is 0 Å². The van der Waals surface area contributed by atoms with E-state index in [4.69, 9.17) is 0 Å². The van der Waals surface area contributed by atoms with Gasteiger partial charge in [-0.15, -0.1) is 0 Å². The third-order valence-corrected chi connectivity index (χ3v) is 5.53. The smallest absolute Gasteiger partial charge is 0.293 e. The fourth-order valence-corrected chi connectivity index (χ4v) is 4.06. The second-order valence-corrected chi connectivity index (χ2v) is 7.31. The molecule has 0 amide bonds. The fraction of sp³-hybridized carbons (Fsp3) is 0.632. The number of Topliss-reactive ketones (excluding diaryl/α,β-unsaturated/α-hetero) is 1. The Morgan fingerprint density at radius 3 is 2.44 bits per heavy atom. The van der Waals surface area contributed by atoms with Crippen molar-refractivity contribution in [3.05, 3.63) is 33.9 Å². The molecule has 6 heteroatoms. The van der Waals surface area contributed by atoms with Crippen molar-refractivity contribution in [2.45, 2.75) is 39.0 Å². The first-order valence-electron chi connectivity index (χ1n) is 9.31. The molecule has 0 spiro atoms. The number of nitro benzene ring substituents is 1. The Morgan fingerprint density at radius 2 is 1.84 bits per heavy atom. The van der Waals surface area contributed by atoms with Gasteiger partial charge in [-0.25, -0.2) is 0 Å². The number of piperazine rings is 1. The summed E-state index contributed by atoms with van der Waals surface area (Å²) in [5, 5.41) is 11.4. The first-order chi connectivity index (χ1) is 12.0. The zero-order valence-electron chi connectivity index (χ0n) is 14.9. The van der Waals surface area contributed by atoms with Crippen molar-refractivity contribution < 1.29 is 9.72 Å².